The molecule has 1 unspecified atom stereocenters. The normalized spacial score (nSPS) is 22.6. The van der Waals surface area contributed by atoms with Gasteiger partial charge in [0.15, 0.2) is 0 Å². The molecule has 0 amide bonds. The molecule has 28 heavy (non-hydrogen) atoms. The molecule has 0 saturated carbocycles. The number of aliphatic carboxylic acids is 1. The molecule has 4 rings (SSSR count). The maximum Gasteiger partial charge on any atom is 0.328 e. The number of carbonyl (C=O) groups is 1. The monoisotopic (exact) mass is 378 g/mol. The van der Waals surface area contributed by atoms with E-state index >= 15 is 0 Å². The van der Waals surface area contributed by atoms with Crippen molar-refractivity contribution in [2.45, 2.75) is 76.5 Å². The third-order valence-electron chi connectivity index (χ3n) is 6.78. The summed E-state index contributed by atoms with van der Waals surface area (Å²) in [4.78, 5) is 10.9. The van der Waals surface area contributed by atoms with E-state index in [0.717, 1.165) is 31.1 Å². The van der Waals surface area contributed by atoms with Crippen molar-refractivity contribution in [3.63, 3.8) is 0 Å². The Labute approximate surface area is 167 Å². The lowest BCUT2D eigenvalue weighted by Crippen LogP contribution is -2.35. The molecular formula is C25H30O3. The lowest BCUT2D eigenvalue weighted by molar-refractivity contribution is -0.131. The fourth-order valence-corrected chi connectivity index (χ4v) is 5.20. The highest BCUT2D eigenvalue weighted by Gasteiger charge is 2.40. The smallest absolute Gasteiger partial charge is 0.328 e. The molecule has 0 spiro atoms. The lowest BCUT2D eigenvalue weighted by atomic mass is 9.60. The van der Waals surface area contributed by atoms with Crippen molar-refractivity contribution in [3.05, 3.63) is 64.1 Å². The van der Waals surface area contributed by atoms with Gasteiger partial charge in [-0.15, -0.1) is 0 Å². The first kappa shape index (κ1) is 19.0. The van der Waals surface area contributed by atoms with Crippen molar-refractivity contribution >= 4 is 12.0 Å². The predicted octanol–water partition coefficient (Wildman–Crippen LogP) is 6.19. The van der Waals surface area contributed by atoms with Gasteiger partial charge in [0.05, 0.1) is 0 Å². The highest BCUT2D eigenvalue weighted by Crippen LogP contribution is 2.50. The summed E-state index contributed by atoms with van der Waals surface area (Å²) in [6.07, 6.45) is 8.25. The van der Waals surface area contributed by atoms with E-state index in [1.807, 2.05) is 0 Å². The van der Waals surface area contributed by atoms with E-state index in [4.69, 9.17) is 9.52 Å². The van der Waals surface area contributed by atoms with Gasteiger partial charge in [-0.1, -0.05) is 45.9 Å². The molecule has 0 bridgehead atoms. The maximum atomic E-state index is 10.9. The Hall–Kier alpha value is -2.29. The number of rotatable bonds is 3. The van der Waals surface area contributed by atoms with Crippen LogP contribution in [0.3, 0.4) is 0 Å². The number of hydrogen-bond donors (Lipinski definition) is 1. The van der Waals surface area contributed by atoms with Crippen LogP contribution in [0.25, 0.3) is 6.08 Å². The minimum absolute atomic E-state index is 0.162. The van der Waals surface area contributed by atoms with Crippen molar-refractivity contribution in [2.24, 2.45) is 0 Å². The molecule has 1 atom stereocenters. The minimum Gasteiger partial charge on any atom is -0.478 e. The quantitative estimate of drug-likeness (QED) is 0.647. The van der Waals surface area contributed by atoms with Gasteiger partial charge >= 0.3 is 5.97 Å². The average molecular weight is 379 g/mol. The largest absolute Gasteiger partial charge is 0.478 e. The SMILES string of the molecule is CC1(C)CCC(C)(C)c2c(C3CCCc4oc(/C=C/C(=O)O)cc43)cccc21. The van der Waals surface area contributed by atoms with Gasteiger partial charge in [0.25, 0.3) is 0 Å². The summed E-state index contributed by atoms with van der Waals surface area (Å²) >= 11 is 0. The molecule has 0 fully saturated rings. The molecule has 1 aromatic carbocycles. The van der Waals surface area contributed by atoms with Gasteiger partial charge < -0.3 is 9.52 Å². The van der Waals surface area contributed by atoms with Crippen LogP contribution in [0, 0.1) is 0 Å². The highest BCUT2D eigenvalue weighted by atomic mass is 16.4. The van der Waals surface area contributed by atoms with E-state index in [1.54, 1.807) is 6.08 Å². The van der Waals surface area contributed by atoms with Crippen LogP contribution in [0.4, 0.5) is 0 Å². The van der Waals surface area contributed by atoms with E-state index in [0.29, 0.717) is 11.7 Å². The maximum absolute atomic E-state index is 10.9. The fraction of sp³-hybridized carbons (Fsp3) is 0.480. The molecular weight excluding hydrogens is 348 g/mol. The van der Waals surface area contributed by atoms with Crippen LogP contribution in [0.2, 0.25) is 0 Å². The van der Waals surface area contributed by atoms with Gasteiger partial charge in [0, 0.05) is 24.0 Å². The summed E-state index contributed by atoms with van der Waals surface area (Å²) in [5, 5.41) is 8.92. The van der Waals surface area contributed by atoms with Gasteiger partial charge in [-0.25, -0.2) is 4.79 Å². The van der Waals surface area contributed by atoms with Gasteiger partial charge in [-0.05, 0) is 65.3 Å². The number of furan rings is 1. The summed E-state index contributed by atoms with van der Waals surface area (Å²) < 4.78 is 6.00. The minimum atomic E-state index is -0.952. The van der Waals surface area contributed by atoms with Crippen LogP contribution in [0.1, 0.15) is 93.1 Å². The zero-order valence-electron chi connectivity index (χ0n) is 17.3. The van der Waals surface area contributed by atoms with Crippen molar-refractivity contribution in [3.8, 4) is 0 Å². The molecule has 2 aromatic rings. The molecule has 1 N–H and O–H groups in total. The Kier molecular flexibility index (Phi) is 4.52. The Balaban J connectivity index is 1.84. The number of benzene rings is 1. The topological polar surface area (TPSA) is 50.4 Å². The Morgan fingerprint density at radius 3 is 2.64 bits per heavy atom. The van der Waals surface area contributed by atoms with Crippen LogP contribution >= 0.6 is 0 Å². The first-order chi connectivity index (χ1) is 13.2. The lowest BCUT2D eigenvalue weighted by Gasteiger charge is -2.44. The second-order valence-electron chi connectivity index (χ2n) is 9.68. The molecule has 3 nitrogen and oxygen atoms in total. The van der Waals surface area contributed by atoms with Gasteiger partial charge in [-0.3, -0.25) is 0 Å². The second kappa shape index (κ2) is 6.65. The molecule has 0 aliphatic heterocycles. The van der Waals surface area contributed by atoms with Crippen LogP contribution < -0.4 is 0 Å². The van der Waals surface area contributed by atoms with E-state index in [1.165, 1.54) is 35.1 Å². The summed E-state index contributed by atoms with van der Waals surface area (Å²) in [7, 11) is 0. The first-order valence-electron chi connectivity index (χ1n) is 10.4. The molecule has 1 heterocycles. The number of fused-ring (bicyclic) bond motifs is 2. The van der Waals surface area contributed by atoms with Crippen LogP contribution in [0.15, 0.2) is 34.8 Å². The second-order valence-corrected chi connectivity index (χ2v) is 9.68. The predicted molar refractivity (Wildman–Crippen MR) is 112 cm³/mol. The molecule has 2 aliphatic carbocycles. The summed E-state index contributed by atoms with van der Waals surface area (Å²) in [5.41, 5.74) is 6.05. The van der Waals surface area contributed by atoms with Crippen LogP contribution in [-0.2, 0) is 22.0 Å². The number of carboxylic acid groups (broad SMARTS) is 1. The third-order valence-corrected chi connectivity index (χ3v) is 6.78. The molecule has 1 aromatic heterocycles. The molecule has 0 saturated heterocycles. The van der Waals surface area contributed by atoms with E-state index in [2.05, 4.69) is 52.0 Å². The number of hydrogen-bond acceptors (Lipinski definition) is 2. The summed E-state index contributed by atoms with van der Waals surface area (Å²) in [6.45, 7) is 9.49. The number of carboxylic acids is 1. The summed E-state index contributed by atoms with van der Waals surface area (Å²) in [6, 6.07) is 8.90. The van der Waals surface area contributed by atoms with E-state index in [9.17, 15) is 4.79 Å². The number of aryl methyl sites for hydroxylation is 1. The van der Waals surface area contributed by atoms with Gasteiger partial charge in [-0.2, -0.15) is 0 Å². The van der Waals surface area contributed by atoms with E-state index in [-0.39, 0.29) is 10.8 Å². The Morgan fingerprint density at radius 2 is 1.89 bits per heavy atom. The zero-order valence-corrected chi connectivity index (χ0v) is 17.3. The third kappa shape index (κ3) is 3.21. The molecule has 0 radical (unpaired) electrons. The van der Waals surface area contributed by atoms with Crippen molar-refractivity contribution in [1.82, 2.24) is 0 Å². The van der Waals surface area contributed by atoms with E-state index < -0.39 is 5.97 Å². The van der Waals surface area contributed by atoms with Crippen LogP contribution in [0.5, 0.6) is 0 Å². The fourth-order valence-electron chi connectivity index (χ4n) is 5.20. The zero-order chi connectivity index (χ0) is 20.1. The molecule has 148 valence electrons. The average Bonchev–Trinajstić information content (AvgIpc) is 3.06. The molecule has 3 heteroatoms. The van der Waals surface area contributed by atoms with Crippen molar-refractivity contribution < 1.29 is 14.3 Å². The molecule has 2 aliphatic rings. The van der Waals surface area contributed by atoms with Gasteiger partial charge in [0.1, 0.15) is 11.5 Å². The first-order valence-corrected chi connectivity index (χ1v) is 10.4. The van der Waals surface area contributed by atoms with Crippen molar-refractivity contribution in [1.29, 1.82) is 0 Å². The van der Waals surface area contributed by atoms with Crippen molar-refractivity contribution in [2.75, 3.05) is 0 Å². The highest BCUT2D eigenvalue weighted by molar-refractivity contribution is 5.84. The Bertz CT molecular complexity index is 943. The van der Waals surface area contributed by atoms with Crippen LogP contribution in [-0.4, -0.2) is 11.1 Å². The van der Waals surface area contributed by atoms with Gasteiger partial charge in [0.2, 0.25) is 0 Å². The Morgan fingerprint density at radius 1 is 1.14 bits per heavy atom. The standard InChI is InChI=1S/C25H30O3/c1-24(2)13-14-25(3,4)23-18(8-5-9-20(23)24)17-7-6-10-21-19(17)15-16(28-21)11-12-22(26)27/h5,8-9,11-12,15,17H,6-7,10,13-14H2,1-4H3,(H,26,27)/b12-11+. The summed E-state index contributed by atoms with van der Waals surface area (Å²) in [5.74, 6) is 1.03.